The SMILES string of the molecule is CC[C@@H](C(=O)Nc1ccccc1C(=O)N1CCCCC1)N(c1ccc(C)cc1)S(C)(=O)=O. The number of sulfonamides is 1. The lowest BCUT2D eigenvalue weighted by Gasteiger charge is -2.31. The maximum atomic E-state index is 13.3. The maximum Gasteiger partial charge on any atom is 0.255 e. The fourth-order valence-electron chi connectivity index (χ4n) is 4.01. The second kappa shape index (κ2) is 10.2. The van der Waals surface area contributed by atoms with Gasteiger partial charge < -0.3 is 10.2 Å². The maximum absolute atomic E-state index is 13.3. The first-order valence-electron chi connectivity index (χ1n) is 11.0. The van der Waals surface area contributed by atoms with Gasteiger partial charge in [0, 0.05) is 13.1 Å². The van der Waals surface area contributed by atoms with Gasteiger partial charge in [-0.1, -0.05) is 36.8 Å². The van der Waals surface area contributed by atoms with Gasteiger partial charge in [0.05, 0.1) is 23.2 Å². The molecule has 0 radical (unpaired) electrons. The molecule has 1 fully saturated rings. The summed E-state index contributed by atoms with van der Waals surface area (Å²) < 4.78 is 26.4. The van der Waals surface area contributed by atoms with E-state index in [4.69, 9.17) is 0 Å². The third-order valence-electron chi connectivity index (χ3n) is 5.68. The van der Waals surface area contributed by atoms with Gasteiger partial charge in [0.1, 0.15) is 6.04 Å². The number of nitrogens with zero attached hydrogens (tertiary/aromatic N) is 2. The van der Waals surface area contributed by atoms with E-state index in [0.717, 1.165) is 35.4 Å². The van der Waals surface area contributed by atoms with Crippen LogP contribution in [0.1, 0.15) is 48.5 Å². The highest BCUT2D eigenvalue weighted by molar-refractivity contribution is 7.92. The molecule has 2 aromatic rings. The van der Waals surface area contributed by atoms with Gasteiger partial charge in [0.2, 0.25) is 15.9 Å². The molecule has 0 aromatic heterocycles. The Morgan fingerprint density at radius 3 is 2.25 bits per heavy atom. The lowest BCUT2D eigenvalue weighted by molar-refractivity contribution is -0.117. The highest BCUT2D eigenvalue weighted by Crippen LogP contribution is 2.25. The zero-order valence-corrected chi connectivity index (χ0v) is 19.7. The van der Waals surface area contributed by atoms with Crippen LogP contribution in [0, 0.1) is 6.92 Å². The minimum Gasteiger partial charge on any atom is -0.339 e. The number of para-hydroxylation sites is 1. The Hall–Kier alpha value is -2.87. The van der Waals surface area contributed by atoms with Crippen LogP contribution in [0.5, 0.6) is 0 Å². The molecule has 0 unspecified atom stereocenters. The smallest absolute Gasteiger partial charge is 0.255 e. The summed E-state index contributed by atoms with van der Waals surface area (Å²) >= 11 is 0. The monoisotopic (exact) mass is 457 g/mol. The first-order valence-corrected chi connectivity index (χ1v) is 12.8. The zero-order chi connectivity index (χ0) is 23.3. The molecule has 8 heteroatoms. The van der Waals surface area contributed by atoms with Gasteiger partial charge in [-0.25, -0.2) is 8.42 Å². The third kappa shape index (κ3) is 5.48. The van der Waals surface area contributed by atoms with Crippen molar-refractivity contribution in [2.45, 2.75) is 45.6 Å². The summed E-state index contributed by atoms with van der Waals surface area (Å²) in [5.74, 6) is -0.593. The van der Waals surface area contributed by atoms with Crippen molar-refractivity contribution >= 4 is 33.2 Å². The second-order valence-electron chi connectivity index (χ2n) is 8.21. The van der Waals surface area contributed by atoms with Crippen molar-refractivity contribution < 1.29 is 18.0 Å². The van der Waals surface area contributed by atoms with Crippen molar-refractivity contribution in [3.63, 3.8) is 0 Å². The van der Waals surface area contributed by atoms with Gasteiger partial charge in [0.25, 0.3) is 5.91 Å². The first kappa shape index (κ1) is 23.8. The fourth-order valence-corrected chi connectivity index (χ4v) is 5.23. The molecule has 1 aliphatic rings. The number of rotatable bonds is 7. The highest BCUT2D eigenvalue weighted by atomic mass is 32.2. The summed E-state index contributed by atoms with van der Waals surface area (Å²) in [7, 11) is -3.73. The second-order valence-corrected chi connectivity index (χ2v) is 10.1. The molecule has 1 atom stereocenters. The molecule has 1 saturated heterocycles. The minimum atomic E-state index is -3.73. The summed E-state index contributed by atoms with van der Waals surface area (Å²) in [5.41, 5.74) is 2.23. The Morgan fingerprint density at radius 2 is 1.66 bits per heavy atom. The molecule has 2 amide bonds. The van der Waals surface area contributed by atoms with Gasteiger partial charge in [-0.2, -0.15) is 0 Å². The number of amides is 2. The third-order valence-corrected chi connectivity index (χ3v) is 6.86. The van der Waals surface area contributed by atoms with Crippen LogP contribution in [-0.2, 0) is 14.8 Å². The summed E-state index contributed by atoms with van der Waals surface area (Å²) in [5, 5.41) is 2.82. The molecule has 0 saturated carbocycles. The van der Waals surface area contributed by atoms with E-state index in [1.54, 1.807) is 48.2 Å². The molecular formula is C24H31N3O4S. The Bertz CT molecular complexity index is 1060. The largest absolute Gasteiger partial charge is 0.339 e. The summed E-state index contributed by atoms with van der Waals surface area (Å²) in [6.45, 7) is 5.08. The Labute approximate surface area is 190 Å². The molecule has 0 spiro atoms. The van der Waals surface area contributed by atoms with Crippen LogP contribution in [0.4, 0.5) is 11.4 Å². The van der Waals surface area contributed by atoms with Crippen LogP contribution < -0.4 is 9.62 Å². The van der Waals surface area contributed by atoms with Crippen molar-refractivity contribution in [2.24, 2.45) is 0 Å². The van der Waals surface area contributed by atoms with Crippen molar-refractivity contribution in [3.8, 4) is 0 Å². The fraction of sp³-hybridized carbons (Fsp3) is 0.417. The summed E-state index contributed by atoms with van der Waals surface area (Å²) in [6, 6.07) is 12.9. The molecule has 1 N–H and O–H groups in total. The van der Waals surface area contributed by atoms with Gasteiger partial charge in [0.15, 0.2) is 0 Å². The van der Waals surface area contributed by atoms with E-state index in [0.29, 0.717) is 30.0 Å². The van der Waals surface area contributed by atoms with E-state index in [-0.39, 0.29) is 12.3 Å². The van der Waals surface area contributed by atoms with Crippen LogP contribution in [0.15, 0.2) is 48.5 Å². The number of anilines is 2. The van der Waals surface area contributed by atoms with Crippen molar-refractivity contribution in [2.75, 3.05) is 29.0 Å². The number of aryl methyl sites for hydroxylation is 1. The number of carbonyl (C=O) groups is 2. The molecule has 172 valence electrons. The normalized spacial score (nSPS) is 15.2. The van der Waals surface area contributed by atoms with Crippen molar-refractivity contribution in [1.82, 2.24) is 4.90 Å². The molecule has 1 aliphatic heterocycles. The van der Waals surface area contributed by atoms with E-state index in [1.807, 2.05) is 19.1 Å². The quantitative estimate of drug-likeness (QED) is 0.685. The molecular weight excluding hydrogens is 426 g/mol. The Kier molecular flexibility index (Phi) is 7.56. The molecule has 2 aromatic carbocycles. The lowest BCUT2D eigenvalue weighted by Crippen LogP contribution is -2.47. The molecule has 0 aliphatic carbocycles. The number of nitrogens with one attached hydrogen (secondary N) is 1. The number of piperidine rings is 1. The number of likely N-dealkylation sites (tertiary alicyclic amines) is 1. The van der Waals surface area contributed by atoms with Gasteiger partial charge >= 0.3 is 0 Å². The predicted molar refractivity (Wildman–Crippen MR) is 127 cm³/mol. The van der Waals surface area contributed by atoms with Crippen molar-refractivity contribution in [1.29, 1.82) is 0 Å². The van der Waals surface area contributed by atoms with E-state index in [1.165, 1.54) is 0 Å². The predicted octanol–water partition coefficient (Wildman–Crippen LogP) is 3.80. The standard InChI is InChI=1S/C24H31N3O4S/c1-4-22(27(32(3,30)31)19-14-12-18(2)13-15-19)23(28)25-21-11-7-6-10-20(21)24(29)26-16-8-5-9-17-26/h6-7,10-15,22H,4-5,8-9,16-17H2,1-3H3,(H,25,28)/t22-/m0/s1. The van der Waals surface area contributed by atoms with Gasteiger partial charge in [-0.3, -0.25) is 13.9 Å². The Morgan fingerprint density at radius 1 is 1.03 bits per heavy atom. The molecule has 0 bridgehead atoms. The van der Waals surface area contributed by atoms with Crippen LogP contribution in [-0.4, -0.2) is 50.5 Å². The minimum absolute atomic E-state index is 0.118. The molecule has 3 rings (SSSR count). The number of carbonyl (C=O) groups excluding carboxylic acids is 2. The number of benzene rings is 2. The van der Waals surface area contributed by atoms with Crippen LogP contribution >= 0.6 is 0 Å². The van der Waals surface area contributed by atoms with Gasteiger partial charge in [-0.15, -0.1) is 0 Å². The summed E-state index contributed by atoms with van der Waals surface area (Å²) in [4.78, 5) is 28.1. The van der Waals surface area contributed by atoms with E-state index < -0.39 is 22.0 Å². The topological polar surface area (TPSA) is 86.8 Å². The Balaban J connectivity index is 1.89. The van der Waals surface area contributed by atoms with E-state index >= 15 is 0 Å². The van der Waals surface area contributed by atoms with Crippen LogP contribution in [0.2, 0.25) is 0 Å². The number of hydrogen-bond acceptors (Lipinski definition) is 4. The lowest BCUT2D eigenvalue weighted by atomic mass is 10.1. The highest BCUT2D eigenvalue weighted by Gasteiger charge is 2.32. The molecule has 7 nitrogen and oxygen atoms in total. The van der Waals surface area contributed by atoms with E-state index in [2.05, 4.69) is 5.32 Å². The van der Waals surface area contributed by atoms with Crippen LogP contribution in [0.3, 0.4) is 0 Å². The summed E-state index contributed by atoms with van der Waals surface area (Å²) in [6.07, 6.45) is 4.42. The van der Waals surface area contributed by atoms with Crippen LogP contribution in [0.25, 0.3) is 0 Å². The van der Waals surface area contributed by atoms with E-state index in [9.17, 15) is 18.0 Å². The first-order chi connectivity index (χ1) is 15.2. The zero-order valence-electron chi connectivity index (χ0n) is 18.9. The average molecular weight is 458 g/mol. The molecule has 1 heterocycles. The van der Waals surface area contributed by atoms with Gasteiger partial charge in [-0.05, 0) is 56.9 Å². The molecule has 32 heavy (non-hydrogen) atoms. The average Bonchev–Trinajstić information content (AvgIpc) is 2.78. The van der Waals surface area contributed by atoms with Crippen molar-refractivity contribution in [3.05, 3.63) is 59.7 Å². The number of hydrogen-bond donors (Lipinski definition) is 1.